The van der Waals surface area contributed by atoms with Crippen LogP contribution in [0.1, 0.15) is 81.8 Å². The minimum atomic E-state index is -1.42. The molecule has 3 rings (SSSR count). The second kappa shape index (κ2) is 12.5. The van der Waals surface area contributed by atoms with E-state index in [0.717, 1.165) is 21.5 Å². The van der Waals surface area contributed by atoms with Crippen LogP contribution in [0, 0.1) is 12.8 Å². The van der Waals surface area contributed by atoms with Crippen molar-refractivity contribution in [1.82, 2.24) is 9.13 Å². The van der Waals surface area contributed by atoms with E-state index in [4.69, 9.17) is 14.2 Å². The number of nitrogens with zero attached hydrogens (tertiary/aromatic N) is 2. The van der Waals surface area contributed by atoms with Gasteiger partial charge in [-0.2, -0.15) is 0 Å². The van der Waals surface area contributed by atoms with Gasteiger partial charge in [0, 0.05) is 12.0 Å². The predicted molar refractivity (Wildman–Crippen MR) is 157 cm³/mol. The predicted octanol–water partition coefficient (Wildman–Crippen LogP) is 5.24. The van der Waals surface area contributed by atoms with E-state index in [-0.39, 0.29) is 47.6 Å². The highest BCUT2D eigenvalue weighted by molar-refractivity contribution is 7.20. The van der Waals surface area contributed by atoms with Crippen molar-refractivity contribution in [3.63, 3.8) is 0 Å². The van der Waals surface area contributed by atoms with Crippen LogP contribution >= 0.6 is 11.3 Å². The summed E-state index contributed by atoms with van der Waals surface area (Å²) in [5.74, 6) is -0.166. The van der Waals surface area contributed by atoms with Gasteiger partial charge in [0.15, 0.2) is 5.78 Å². The molecule has 0 aliphatic heterocycles. The van der Waals surface area contributed by atoms with E-state index < -0.39 is 28.9 Å². The zero-order chi connectivity index (χ0) is 29.9. The molecule has 1 aromatic carbocycles. The number of esters is 1. The Hall–Kier alpha value is -3.24. The Labute approximate surface area is 238 Å². The van der Waals surface area contributed by atoms with Crippen LogP contribution in [0.15, 0.2) is 33.9 Å². The van der Waals surface area contributed by atoms with E-state index in [9.17, 15) is 19.2 Å². The van der Waals surface area contributed by atoms with E-state index in [2.05, 4.69) is 0 Å². The van der Waals surface area contributed by atoms with Gasteiger partial charge < -0.3 is 14.2 Å². The maximum atomic E-state index is 14.2. The van der Waals surface area contributed by atoms with Gasteiger partial charge in [-0.1, -0.05) is 32.0 Å². The van der Waals surface area contributed by atoms with Gasteiger partial charge in [0.05, 0.1) is 31.8 Å². The molecule has 0 saturated carbocycles. The quantitative estimate of drug-likeness (QED) is 0.274. The summed E-state index contributed by atoms with van der Waals surface area (Å²) in [6.45, 7) is 14.3. The Balaban J connectivity index is 2.40. The van der Waals surface area contributed by atoms with Gasteiger partial charge in [-0.25, -0.2) is 14.2 Å². The Kier molecular flexibility index (Phi) is 9.79. The molecule has 3 aromatic rings. The normalized spacial score (nSPS) is 12.8. The molecule has 0 spiro atoms. The number of aryl methyl sites for hydroxylation is 1. The number of carbonyl (C=O) groups excluding carboxylic acids is 2. The van der Waals surface area contributed by atoms with Crippen LogP contribution < -0.4 is 16.0 Å². The number of hydrogen-bond acceptors (Lipinski definition) is 8. The highest BCUT2D eigenvalue weighted by Crippen LogP contribution is 2.33. The SMILES string of the molecule is CCOC(=O)c1sc2c(c1C)c(=O)n(C(C)(C)C(=O)CC(C)C)c(=O)n2C[C@H](OC(C)C)c1ccccc1OC. The summed E-state index contributed by atoms with van der Waals surface area (Å²) in [6.07, 6.45) is -0.629. The van der Waals surface area contributed by atoms with Gasteiger partial charge in [-0.3, -0.25) is 14.2 Å². The molecule has 10 heteroatoms. The van der Waals surface area contributed by atoms with Gasteiger partial charge in [-0.05, 0) is 59.1 Å². The Bertz CT molecular complexity index is 1510. The molecule has 2 aromatic heterocycles. The van der Waals surface area contributed by atoms with Crippen molar-refractivity contribution in [3.8, 4) is 5.75 Å². The molecule has 0 radical (unpaired) electrons. The van der Waals surface area contributed by atoms with Crippen molar-refractivity contribution >= 4 is 33.3 Å². The smallest absolute Gasteiger partial charge is 0.348 e. The van der Waals surface area contributed by atoms with Gasteiger partial charge >= 0.3 is 11.7 Å². The van der Waals surface area contributed by atoms with Crippen LogP contribution in [0.4, 0.5) is 0 Å². The Morgan fingerprint density at radius 3 is 2.30 bits per heavy atom. The number of ether oxygens (including phenoxy) is 3. The third-order valence-electron chi connectivity index (χ3n) is 6.78. The maximum Gasteiger partial charge on any atom is 0.348 e. The minimum absolute atomic E-state index is 0.0187. The van der Waals surface area contributed by atoms with Crippen molar-refractivity contribution in [2.45, 2.75) is 86.1 Å². The standard InChI is InChI=1S/C30H40N2O7S/c1-10-38-28(35)25-19(6)24-26(34)32(30(7,8)23(33)15-17(2)3)29(36)31(27(24)40-25)16-22(39-18(4)5)20-13-11-12-14-21(20)37-9/h11-14,17-18,22H,10,15-16H2,1-9H3/t22-/m0/s1. The second-order valence-corrected chi connectivity index (χ2v) is 12.0. The third-order valence-corrected chi connectivity index (χ3v) is 8.07. The number of thiophene rings is 1. The average Bonchev–Trinajstić information content (AvgIpc) is 3.22. The highest BCUT2D eigenvalue weighted by Gasteiger charge is 2.36. The lowest BCUT2D eigenvalue weighted by atomic mass is 9.91. The number of methoxy groups -OCH3 is 1. The molecule has 0 N–H and O–H groups in total. The molecule has 218 valence electrons. The fraction of sp³-hybridized carbons (Fsp3) is 0.533. The number of hydrogen-bond donors (Lipinski definition) is 0. The summed E-state index contributed by atoms with van der Waals surface area (Å²) < 4.78 is 19.6. The molecule has 9 nitrogen and oxygen atoms in total. The molecule has 0 fully saturated rings. The number of Topliss-reactive ketones (excluding diaryl/α,β-unsaturated/α-hetero) is 1. The first-order chi connectivity index (χ1) is 18.8. The third kappa shape index (κ3) is 6.07. The van der Waals surface area contributed by atoms with Crippen molar-refractivity contribution < 1.29 is 23.8 Å². The van der Waals surface area contributed by atoms with E-state index in [1.165, 1.54) is 4.57 Å². The molecule has 0 unspecified atom stereocenters. The summed E-state index contributed by atoms with van der Waals surface area (Å²) in [5, 5.41) is 0.210. The summed E-state index contributed by atoms with van der Waals surface area (Å²) in [6, 6.07) is 7.38. The first-order valence-corrected chi connectivity index (χ1v) is 14.4. The number of para-hydroxylation sites is 1. The summed E-state index contributed by atoms with van der Waals surface area (Å²) >= 11 is 1.03. The second-order valence-electron chi connectivity index (χ2n) is 11.0. The molecule has 0 amide bonds. The average molecular weight is 573 g/mol. The molecule has 2 heterocycles. The van der Waals surface area contributed by atoms with Crippen LogP contribution in [0.5, 0.6) is 5.75 Å². The summed E-state index contributed by atoms with van der Waals surface area (Å²) in [7, 11) is 1.56. The number of benzene rings is 1. The van der Waals surface area contributed by atoms with E-state index in [0.29, 0.717) is 16.1 Å². The van der Waals surface area contributed by atoms with Crippen LogP contribution in [0.2, 0.25) is 0 Å². The van der Waals surface area contributed by atoms with Gasteiger partial charge in [0.2, 0.25) is 0 Å². The van der Waals surface area contributed by atoms with Crippen LogP contribution in [-0.2, 0) is 26.4 Å². The van der Waals surface area contributed by atoms with E-state index >= 15 is 0 Å². The van der Waals surface area contributed by atoms with Crippen LogP contribution in [0.3, 0.4) is 0 Å². The van der Waals surface area contributed by atoms with E-state index in [1.807, 2.05) is 52.0 Å². The lowest BCUT2D eigenvalue weighted by Crippen LogP contribution is -2.53. The topological polar surface area (TPSA) is 106 Å². The van der Waals surface area contributed by atoms with E-state index in [1.54, 1.807) is 34.8 Å². The summed E-state index contributed by atoms with van der Waals surface area (Å²) in [4.78, 5) is 55.0. The monoisotopic (exact) mass is 572 g/mol. The lowest BCUT2D eigenvalue weighted by molar-refractivity contribution is -0.127. The largest absolute Gasteiger partial charge is 0.496 e. The zero-order valence-corrected chi connectivity index (χ0v) is 25.6. The van der Waals surface area contributed by atoms with Gasteiger partial charge in [0.25, 0.3) is 5.56 Å². The van der Waals surface area contributed by atoms with Crippen molar-refractivity contribution in [2.24, 2.45) is 5.92 Å². The minimum Gasteiger partial charge on any atom is -0.496 e. The van der Waals surface area contributed by atoms with Crippen LogP contribution in [0.25, 0.3) is 10.2 Å². The molecule has 40 heavy (non-hydrogen) atoms. The molecule has 0 aliphatic rings. The Morgan fingerprint density at radius 1 is 1.07 bits per heavy atom. The Morgan fingerprint density at radius 2 is 1.73 bits per heavy atom. The number of fused-ring (bicyclic) bond motifs is 1. The number of ketones is 1. The number of carbonyl (C=O) groups is 2. The molecule has 0 aliphatic carbocycles. The zero-order valence-electron chi connectivity index (χ0n) is 24.8. The molecule has 1 atom stereocenters. The first-order valence-electron chi connectivity index (χ1n) is 13.5. The summed E-state index contributed by atoms with van der Waals surface area (Å²) in [5.41, 5.74) is -1.54. The molecular formula is C30H40N2O7S. The van der Waals surface area contributed by atoms with Crippen LogP contribution in [-0.4, -0.2) is 40.7 Å². The number of rotatable bonds is 12. The van der Waals surface area contributed by atoms with Gasteiger partial charge in [-0.15, -0.1) is 11.3 Å². The molecule has 0 bridgehead atoms. The lowest BCUT2D eigenvalue weighted by Gasteiger charge is -2.28. The number of aromatic nitrogens is 2. The fourth-order valence-electron chi connectivity index (χ4n) is 4.78. The van der Waals surface area contributed by atoms with Crippen molar-refractivity contribution in [3.05, 3.63) is 61.1 Å². The highest BCUT2D eigenvalue weighted by atomic mass is 32.1. The fourth-order valence-corrected chi connectivity index (χ4v) is 5.97. The molecule has 0 saturated heterocycles. The first kappa shape index (κ1) is 31.3. The van der Waals surface area contributed by atoms with Crippen molar-refractivity contribution in [1.29, 1.82) is 0 Å². The molecular weight excluding hydrogens is 532 g/mol. The van der Waals surface area contributed by atoms with Crippen molar-refractivity contribution in [2.75, 3.05) is 13.7 Å². The van der Waals surface area contributed by atoms with Gasteiger partial charge in [0.1, 0.15) is 27.1 Å². The maximum absolute atomic E-state index is 14.2.